The fraction of sp³-hybridized carbons (Fsp3) is 0.273. The third kappa shape index (κ3) is 4.15. The van der Waals surface area contributed by atoms with Crippen molar-refractivity contribution in [1.82, 2.24) is 9.78 Å². The molecule has 1 aliphatic rings. The average Bonchev–Trinajstić information content (AvgIpc) is 3.23. The van der Waals surface area contributed by atoms with Crippen molar-refractivity contribution < 1.29 is 12.8 Å². The fourth-order valence-corrected chi connectivity index (χ4v) is 4.44. The van der Waals surface area contributed by atoms with E-state index < -0.39 is 10.7 Å². The van der Waals surface area contributed by atoms with Crippen LogP contribution >= 0.6 is 0 Å². The summed E-state index contributed by atoms with van der Waals surface area (Å²) < 4.78 is 36.9. The topological polar surface area (TPSA) is 69.0 Å². The maximum Gasteiger partial charge on any atom is 0.275 e. The van der Waals surface area contributed by atoms with Crippen LogP contribution in [0.25, 0.3) is 22.3 Å². The van der Waals surface area contributed by atoms with E-state index in [1.54, 1.807) is 47.3 Å². The molecule has 1 aromatic heterocycles. The summed E-state index contributed by atoms with van der Waals surface area (Å²) in [4.78, 5) is 13.4. The first kappa shape index (κ1) is 19.5. The van der Waals surface area contributed by atoms with Crippen LogP contribution in [0.15, 0.2) is 59.5 Å². The molecule has 4 rings (SSSR count). The molecule has 7 heteroatoms. The SMILES string of the molecule is O=c1c(-c2ccc(F)cc2)c(-c2ccc(C[SH](=O)=O)cc2)cnn1C1CCCC1. The van der Waals surface area contributed by atoms with Crippen LogP contribution in [-0.2, 0) is 16.5 Å². The number of thiol groups is 1. The van der Waals surface area contributed by atoms with Gasteiger partial charge in [-0.05, 0) is 41.7 Å². The van der Waals surface area contributed by atoms with Crippen LogP contribution in [0.2, 0.25) is 0 Å². The molecular weight excluding hydrogens is 391 g/mol. The summed E-state index contributed by atoms with van der Waals surface area (Å²) in [5, 5.41) is 4.44. The third-order valence-corrected chi connectivity index (χ3v) is 6.01. The number of hydrogen-bond acceptors (Lipinski definition) is 4. The van der Waals surface area contributed by atoms with E-state index in [-0.39, 0.29) is 23.2 Å². The van der Waals surface area contributed by atoms with Gasteiger partial charge in [0.05, 0.1) is 23.6 Å². The van der Waals surface area contributed by atoms with Gasteiger partial charge in [-0.15, -0.1) is 0 Å². The third-order valence-electron chi connectivity index (χ3n) is 5.38. The number of rotatable bonds is 5. The molecule has 0 unspecified atom stereocenters. The smallest absolute Gasteiger partial charge is 0.267 e. The zero-order valence-electron chi connectivity index (χ0n) is 15.8. The zero-order valence-corrected chi connectivity index (χ0v) is 16.6. The van der Waals surface area contributed by atoms with Crippen molar-refractivity contribution in [1.29, 1.82) is 0 Å². The Bertz CT molecular complexity index is 1140. The lowest BCUT2D eigenvalue weighted by Crippen LogP contribution is -2.27. The lowest BCUT2D eigenvalue weighted by Gasteiger charge is -2.16. The Morgan fingerprint density at radius 3 is 2.21 bits per heavy atom. The minimum absolute atomic E-state index is 0.0258. The maximum absolute atomic E-state index is 13.5. The van der Waals surface area contributed by atoms with E-state index >= 15 is 0 Å². The summed E-state index contributed by atoms with van der Waals surface area (Å²) in [6, 6.07) is 13.0. The Kier molecular flexibility index (Phi) is 5.58. The Labute approximate surface area is 169 Å². The predicted molar refractivity (Wildman–Crippen MR) is 111 cm³/mol. The van der Waals surface area contributed by atoms with Crippen LogP contribution in [0.5, 0.6) is 0 Å². The van der Waals surface area contributed by atoms with E-state index in [0.717, 1.165) is 31.2 Å². The first-order valence-corrected chi connectivity index (χ1v) is 11.0. The van der Waals surface area contributed by atoms with Gasteiger partial charge < -0.3 is 0 Å². The fourth-order valence-electron chi connectivity index (χ4n) is 3.93. The van der Waals surface area contributed by atoms with Crippen molar-refractivity contribution in [3.05, 3.63) is 76.5 Å². The van der Waals surface area contributed by atoms with E-state index in [9.17, 15) is 17.6 Å². The van der Waals surface area contributed by atoms with E-state index in [1.165, 1.54) is 12.1 Å². The summed E-state index contributed by atoms with van der Waals surface area (Å²) in [7, 11) is -2.50. The van der Waals surface area contributed by atoms with Crippen molar-refractivity contribution in [2.75, 3.05) is 0 Å². The molecule has 0 saturated heterocycles. The summed E-state index contributed by atoms with van der Waals surface area (Å²) in [6.07, 6.45) is 5.70. The Morgan fingerprint density at radius 1 is 0.966 bits per heavy atom. The Hall–Kier alpha value is -2.80. The summed E-state index contributed by atoms with van der Waals surface area (Å²) in [5.41, 5.74) is 3.02. The zero-order chi connectivity index (χ0) is 20.4. The number of nitrogens with zero attached hydrogens (tertiary/aromatic N) is 2. The van der Waals surface area contributed by atoms with Crippen LogP contribution in [0.1, 0.15) is 37.3 Å². The van der Waals surface area contributed by atoms with E-state index in [0.29, 0.717) is 22.3 Å². The lowest BCUT2D eigenvalue weighted by molar-refractivity contribution is 0.445. The van der Waals surface area contributed by atoms with E-state index in [4.69, 9.17) is 0 Å². The first-order chi connectivity index (χ1) is 14.0. The summed E-state index contributed by atoms with van der Waals surface area (Å²) >= 11 is 0. The molecule has 0 amide bonds. The van der Waals surface area contributed by atoms with Crippen molar-refractivity contribution in [3.8, 4) is 22.3 Å². The first-order valence-electron chi connectivity index (χ1n) is 9.62. The van der Waals surface area contributed by atoms with Gasteiger partial charge in [0.15, 0.2) is 0 Å². The molecule has 1 fully saturated rings. The van der Waals surface area contributed by atoms with Gasteiger partial charge >= 0.3 is 0 Å². The molecule has 2 aromatic carbocycles. The van der Waals surface area contributed by atoms with Gasteiger partial charge in [-0.25, -0.2) is 17.5 Å². The van der Waals surface area contributed by atoms with Crippen molar-refractivity contribution in [3.63, 3.8) is 0 Å². The second kappa shape index (κ2) is 8.29. The van der Waals surface area contributed by atoms with Crippen LogP contribution in [-0.4, -0.2) is 18.2 Å². The van der Waals surface area contributed by atoms with Gasteiger partial charge in [0.1, 0.15) is 16.5 Å². The molecule has 1 saturated carbocycles. The van der Waals surface area contributed by atoms with E-state index in [1.807, 2.05) is 0 Å². The van der Waals surface area contributed by atoms with E-state index in [2.05, 4.69) is 5.10 Å². The molecule has 150 valence electrons. The number of halogens is 1. The van der Waals surface area contributed by atoms with Gasteiger partial charge in [-0.1, -0.05) is 49.2 Å². The second-order valence-electron chi connectivity index (χ2n) is 7.32. The Morgan fingerprint density at radius 2 is 1.59 bits per heavy atom. The highest BCUT2D eigenvalue weighted by atomic mass is 32.2. The second-order valence-corrected chi connectivity index (χ2v) is 8.30. The molecule has 3 aromatic rings. The summed E-state index contributed by atoms with van der Waals surface area (Å²) in [5.74, 6) is -0.390. The number of aromatic nitrogens is 2. The summed E-state index contributed by atoms with van der Waals surface area (Å²) in [6.45, 7) is 0. The number of hydrogen-bond donors (Lipinski definition) is 1. The largest absolute Gasteiger partial charge is 0.275 e. The quantitative estimate of drug-likeness (QED) is 0.645. The molecule has 0 N–H and O–H groups in total. The average molecular weight is 412 g/mol. The molecule has 1 aliphatic carbocycles. The van der Waals surface area contributed by atoms with Crippen LogP contribution < -0.4 is 5.56 Å². The van der Waals surface area contributed by atoms with Crippen molar-refractivity contribution in [2.45, 2.75) is 37.5 Å². The predicted octanol–water partition coefficient (Wildman–Crippen LogP) is 3.94. The lowest BCUT2D eigenvalue weighted by atomic mass is 9.96. The van der Waals surface area contributed by atoms with Crippen molar-refractivity contribution >= 4 is 10.7 Å². The van der Waals surface area contributed by atoms with Crippen LogP contribution in [0.4, 0.5) is 4.39 Å². The standard InChI is InChI=1S/C22H21FN2O3S/c23-18-11-9-17(10-12-18)21-20(16-7-5-15(6-8-16)14-29(27)28)13-24-25(22(21)26)19-3-1-2-4-19/h5-13,19,29H,1-4,14H2. The molecule has 1 heterocycles. The van der Waals surface area contributed by atoms with Gasteiger partial charge in [-0.3, -0.25) is 4.79 Å². The minimum Gasteiger partial charge on any atom is -0.267 e. The highest BCUT2D eigenvalue weighted by Crippen LogP contribution is 2.32. The maximum atomic E-state index is 13.5. The Balaban J connectivity index is 1.85. The molecule has 0 atom stereocenters. The van der Waals surface area contributed by atoms with Gasteiger partial charge in [0.2, 0.25) is 0 Å². The van der Waals surface area contributed by atoms with Gasteiger partial charge in [-0.2, -0.15) is 5.10 Å². The molecule has 5 nitrogen and oxygen atoms in total. The normalized spacial score (nSPS) is 14.6. The molecular formula is C22H21FN2O3S. The molecule has 29 heavy (non-hydrogen) atoms. The van der Waals surface area contributed by atoms with Crippen molar-refractivity contribution in [2.24, 2.45) is 0 Å². The number of benzene rings is 2. The molecule has 0 aliphatic heterocycles. The molecule has 0 bridgehead atoms. The van der Waals surface area contributed by atoms with Gasteiger partial charge in [0.25, 0.3) is 5.56 Å². The van der Waals surface area contributed by atoms with Crippen LogP contribution in [0, 0.1) is 5.82 Å². The minimum atomic E-state index is -2.50. The molecule has 0 spiro atoms. The molecule has 0 radical (unpaired) electrons. The monoisotopic (exact) mass is 412 g/mol. The highest BCUT2D eigenvalue weighted by Gasteiger charge is 2.22. The highest BCUT2D eigenvalue weighted by molar-refractivity contribution is 7.71. The van der Waals surface area contributed by atoms with Gasteiger partial charge in [0, 0.05) is 5.56 Å². The van der Waals surface area contributed by atoms with Crippen LogP contribution in [0.3, 0.4) is 0 Å².